The molecule has 2 aliphatic heterocycles. The minimum atomic E-state index is -0.679. The summed E-state index contributed by atoms with van der Waals surface area (Å²) in [5, 5.41) is 4.16. The number of fused-ring (bicyclic) bond motifs is 2. The Morgan fingerprint density at radius 1 is 1.12 bits per heavy atom. The van der Waals surface area contributed by atoms with Gasteiger partial charge < -0.3 is 15.2 Å². The summed E-state index contributed by atoms with van der Waals surface area (Å²) in [6, 6.07) is 14.4. The molecule has 2 aromatic carbocycles. The Balaban J connectivity index is 1.32. The quantitative estimate of drug-likeness (QED) is 0.598. The van der Waals surface area contributed by atoms with Gasteiger partial charge in [0.05, 0.1) is 5.69 Å². The van der Waals surface area contributed by atoms with Gasteiger partial charge in [0, 0.05) is 40.2 Å². The molecule has 8 heteroatoms. The second-order valence-corrected chi connectivity index (χ2v) is 9.70. The van der Waals surface area contributed by atoms with Crippen LogP contribution in [0.1, 0.15) is 18.9 Å². The second kappa shape index (κ2) is 8.35. The molecule has 2 N–H and O–H groups in total. The van der Waals surface area contributed by atoms with E-state index in [-0.39, 0.29) is 18.4 Å². The van der Waals surface area contributed by atoms with E-state index >= 15 is 0 Å². The maximum absolute atomic E-state index is 13.2. The summed E-state index contributed by atoms with van der Waals surface area (Å²) in [5.74, 6) is -0.608. The third-order valence-electron chi connectivity index (χ3n) is 6.04. The average molecular weight is 449 g/mol. The molecule has 0 radical (unpaired) electrons. The Morgan fingerprint density at radius 2 is 1.91 bits per heavy atom. The molecule has 5 rings (SSSR count). The number of carbonyl (C=O) groups is 3. The number of nitrogens with one attached hydrogen (secondary N) is 2. The van der Waals surface area contributed by atoms with Gasteiger partial charge in [-0.2, -0.15) is 0 Å². The van der Waals surface area contributed by atoms with Crippen molar-refractivity contribution < 1.29 is 14.4 Å². The van der Waals surface area contributed by atoms with Crippen molar-refractivity contribution >= 4 is 46.2 Å². The van der Waals surface area contributed by atoms with E-state index in [1.807, 2.05) is 54.7 Å². The number of thioether (sulfide) groups is 1. The number of imide groups is 1. The number of hydrogen-bond acceptors (Lipinski definition) is 4. The molecule has 1 aromatic heterocycles. The van der Waals surface area contributed by atoms with Crippen molar-refractivity contribution in [1.82, 2.24) is 15.2 Å². The number of H-pyrrole nitrogens is 1. The lowest BCUT2D eigenvalue weighted by Crippen LogP contribution is -2.44. The maximum atomic E-state index is 13.2. The SMILES string of the molecule is C[C@@H]1CCN(C(=O)CN2C(=O)N[C@H](Cc3c[nH]c4ccccc34)C2=O)c2ccccc2S1. The minimum Gasteiger partial charge on any atom is -0.361 e. The van der Waals surface area contributed by atoms with E-state index in [1.54, 1.807) is 16.7 Å². The van der Waals surface area contributed by atoms with Crippen molar-refractivity contribution in [2.75, 3.05) is 18.0 Å². The van der Waals surface area contributed by atoms with E-state index in [0.29, 0.717) is 18.2 Å². The van der Waals surface area contributed by atoms with Crippen LogP contribution in [-0.2, 0) is 16.0 Å². The van der Waals surface area contributed by atoms with Gasteiger partial charge in [0.25, 0.3) is 5.91 Å². The number of nitrogens with zero attached hydrogens (tertiary/aromatic N) is 2. The first-order chi connectivity index (χ1) is 15.5. The summed E-state index contributed by atoms with van der Waals surface area (Å²) in [5.41, 5.74) is 2.78. The normalized spacial score (nSPS) is 20.9. The molecule has 0 spiro atoms. The van der Waals surface area contributed by atoms with Crippen LogP contribution in [0.2, 0.25) is 0 Å². The zero-order valence-electron chi connectivity index (χ0n) is 17.7. The Kier molecular flexibility index (Phi) is 5.38. The van der Waals surface area contributed by atoms with Gasteiger partial charge >= 0.3 is 6.03 Å². The molecule has 2 atom stereocenters. The van der Waals surface area contributed by atoms with Crippen LogP contribution in [0.4, 0.5) is 10.5 Å². The molecule has 164 valence electrons. The van der Waals surface area contributed by atoms with Crippen LogP contribution in [0, 0.1) is 0 Å². The summed E-state index contributed by atoms with van der Waals surface area (Å²) >= 11 is 1.74. The molecule has 0 aliphatic carbocycles. The molecule has 7 nitrogen and oxygen atoms in total. The summed E-state index contributed by atoms with van der Waals surface area (Å²) in [4.78, 5) is 45.8. The number of hydrogen-bond donors (Lipinski definition) is 2. The van der Waals surface area contributed by atoms with Gasteiger partial charge in [0.2, 0.25) is 5.91 Å². The van der Waals surface area contributed by atoms with Gasteiger partial charge in [-0.05, 0) is 30.2 Å². The zero-order chi connectivity index (χ0) is 22.2. The first-order valence-electron chi connectivity index (χ1n) is 10.7. The maximum Gasteiger partial charge on any atom is 0.325 e. The van der Waals surface area contributed by atoms with Crippen molar-refractivity contribution in [2.45, 2.75) is 36.0 Å². The summed E-state index contributed by atoms with van der Waals surface area (Å²) < 4.78 is 0. The molecule has 0 unspecified atom stereocenters. The molecule has 32 heavy (non-hydrogen) atoms. The van der Waals surface area contributed by atoms with Gasteiger partial charge in [-0.3, -0.25) is 14.5 Å². The van der Waals surface area contributed by atoms with Gasteiger partial charge in [-0.1, -0.05) is 37.3 Å². The van der Waals surface area contributed by atoms with Gasteiger partial charge in [-0.25, -0.2) is 4.79 Å². The Labute approximate surface area is 190 Å². The molecular formula is C24H24N4O3S. The highest BCUT2D eigenvalue weighted by atomic mass is 32.2. The number of benzene rings is 2. The third kappa shape index (κ3) is 3.75. The Hall–Kier alpha value is -3.26. The largest absolute Gasteiger partial charge is 0.361 e. The van der Waals surface area contributed by atoms with Crippen LogP contribution in [0.15, 0.2) is 59.6 Å². The fraction of sp³-hybridized carbons (Fsp3) is 0.292. The number of carbonyl (C=O) groups excluding carboxylic acids is 3. The van der Waals surface area contributed by atoms with Crippen LogP contribution in [-0.4, -0.2) is 52.1 Å². The minimum absolute atomic E-state index is 0.247. The van der Waals surface area contributed by atoms with E-state index in [2.05, 4.69) is 17.2 Å². The van der Waals surface area contributed by atoms with Crippen LogP contribution >= 0.6 is 11.8 Å². The standard InChI is InChI=1S/C24H24N4O3S/c1-15-10-11-27(20-8-4-5-9-21(20)32-15)22(29)14-28-23(30)19(26-24(28)31)12-16-13-25-18-7-3-2-6-17(16)18/h2-9,13,15,19,25H,10-12,14H2,1H3,(H,26,31)/t15-,19-/m1/s1. The van der Waals surface area contributed by atoms with Crippen molar-refractivity contribution in [2.24, 2.45) is 0 Å². The lowest BCUT2D eigenvalue weighted by Gasteiger charge is -2.24. The summed E-state index contributed by atoms with van der Waals surface area (Å²) in [6.45, 7) is 2.44. The number of aromatic amines is 1. The first kappa shape index (κ1) is 20.6. The predicted octanol–water partition coefficient (Wildman–Crippen LogP) is 3.55. The van der Waals surface area contributed by atoms with E-state index in [9.17, 15) is 14.4 Å². The number of para-hydroxylation sites is 2. The monoisotopic (exact) mass is 448 g/mol. The number of amides is 4. The molecule has 4 amide bonds. The van der Waals surface area contributed by atoms with E-state index in [4.69, 9.17) is 0 Å². The van der Waals surface area contributed by atoms with Gasteiger partial charge in [0.15, 0.2) is 0 Å². The van der Waals surface area contributed by atoms with Gasteiger partial charge in [0.1, 0.15) is 12.6 Å². The zero-order valence-corrected chi connectivity index (χ0v) is 18.5. The molecule has 0 bridgehead atoms. The van der Waals surface area contributed by atoms with E-state index in [1.165, 1.54) is 0 Å². The van der Waals surface area contributed by atoms with Crippen LogP contribution in [0.5, 0.6) is 0 Å². The fourth-order valence-electron chi connectivity index (χ4n) is 4.35. The number of rotatable bonds is 4. The lowest BCUT2D eigenvalue weighted by atomic mass is 10.1. The topological polar surface area (TPSA) is 85.5 Å². The number of aromatic nitrogens is 1. The Bertz CT molecular complexity index is 1210. The predicted molar refractivity (Wildman–Crippen MR) is 125 cm³/mol. The van der Waals surface area contributed by atoms with Crippen molar-refractivity contribution in [3.8, 4) is 0 Å². The highest BCUT2D eigenvalue weighted by Crippen LogP contribution is 2.37. The molecular weight excluding hydrogens is 424 g/mol. The lowest BCUT2D eigenvalue weighted by molar-refractivity contribution is -0.131. The molecule has 1 fully saturated rings. The van der Waals surface area contributed by atoms with Crippen LogP contribution < -0.4 is 10.2 Å². The summed E-state index contributed by atoms with van der Waals surface area (Å²) in [7, 11) is 0. The highest BCUT2D eigenvalue weighted by Gasteiger charge is 2.40. The third-order valence-corrected chi connectivity index (χ3v) is 7.28. The molecule has 2 aliphatic rings. The highest BCUT2D eigenvalue weighted by molar-refractivity contribution is 8.00. The summed E-state index contributed by atoms with van der Waals surface area (Å²) in [6.07, 6.45) is 3.08. The first-order valence-corrected chi connectivity index (χ1v) is 11.6. The molecule has 1 saturated heterocycles. The molecule has 3 heterocycles. The van der Waals surface area contributed by atoms with Crippen LogP contribution in [0.25, 0.3) is 10.9 Å². The fourth-order valence-corrected chi connectivity index (χ4v) is 5.46. The smallest absolute Gasteiger partial charge is 0.325 e. The molecule has 0 saturated carbocycles. The van der Waals surface area contributed by atoms with E-state index in [0.717, 1.165) is 38.4 Å². The second-order valence-electron chi connectivity index (χ2n) is 8.22. The Morgan fingerprint density at radius 3 is 2.78 bits per heavy atom. The number of urea groups is 1. The van der Waals surface area contributed by atoms with Crippen LogP contribution in [0.3, 0.4) is 0 Å². The van der Waals surface area contributed by atoms with Gasteiger partial charge in [-0.15, -0.1) is 11.8 Å². The van der Waals surface area contributed by atoms with Crippen molar-refractivity contribution in [1.29, 1.82) is 0 Å². The molecule has 3 aromatic rings. The van der Waals surface area contributed by atoms with Crippen molar-refractivity contribution in [3.05, 3.63) is 60.3 Å². The van der Waals surface area contributed by atoms with Crippen molar-refractivity contribution in [3.63, 3.8) is 0 Å². The average Bonchev–Trinajstić information content (AvgIpc) is 3.24. The van der Waals surface area contributed by atoms with E-state index < -0.39 is 12.1 Å². The number of anilines is 1.